The van der Waals surface area contributed by atoms with Crippen molar-refractivity contribution in [2.45, 2.75) is 25.4 Å². The van der Waals surface area contributed by atoms with Gasteiger partial charge in [0.2, 0.25) is 5.91 Å². The molecule has 2 rings (SSSR count). The third-order valence-electron chi connectivity index (χ3n) is 3.20. The zero-order valence-electron chi connectivity index (χ0n) is 10.3. The summed E-state index contributed by atoms with van der Waals surface area (Å²) in [5.41, 5.74) is 0.0437. The van der Waals surface area contributed by atoms with Crippen molar-refractivity contribution in [1.82, 2.24) is 4.90 Å². The molecule has 1 saturated heterocycles. The van der Waals surface area contributed by atoms with E-state index in [4.69, 9.17) is 16.7 Å². The number of halogens is 1. The number of carboxylic acids is 1. The minimum absolute atomic E-state index is 0.108. The van der Waals surface area contributed by atoms with E-state index < -0.39 is 16.9 Å². The van der Waals surface area contributed by atoms with Crippen molar-refractivity contribution in [3.8, 4) is 0 Å². The van der Waals surface area contributed by atoms with Crippen LogP contribution in [-0.4, -0.2) is 32.8 Å². The highest BCUT2D eigenvalue weighted by Crippen LogP contribution is 2.28. The van der Waals surface area contributed by atoms with Crippen molar-refractivity contribution in [1.29, 1.82) is 0 Å². The molecule has 0 radical (unpaired) electrons. The molecule has 1 amide bonds. The van der Waals surface area contributed by atoms with Gasteiger partial charge in [0, 0.05) is 23.1 Å². The van der Waals surface area contributed by atoms with Crippen LogP contribution in [0.2, 0.25) is 5.02 Å². The van der Waals surface area contributed by atoms with Gasteiger partial charge in [0.25, 0.3) is 5.69 Å². The Balaban J connectivity index is 2.31. The van der Waals surface area contributed by atoms with E-state index in [1.54, 1.807) is 0 Å². The number of amides is 1. The van der Waals surface area contributed by atoms with Crippen LogP contribution in [0.4, 0.5) is 5.69 Å². The van der Waals surface area contributed by atoms with Gasteiger partial charge in [0.15, 0.2) is 0 Å². The molecular weight excluding hydrogens is 288 g/mol. The van der Waals surface area contributed by atoms with Crippen LogP contribution in [-0.2, 0) is 16.1 Å². The maximum absolute atomic E-state index is 11.7. The number of hydrogen-bond acceptors (Lipinski definition) is 4. The van der Waals surface area contributed by atoms with Crippen LogP contribution in [0.15, 0.2) is 18.2 Å². The lowest BCUT2D eigenvalue weighted by molar-refractivity contribution is -0.385. The summed E-state index contributed by atoms with van der Waals surface area (Å²) in [6, 6.07) is 3.16. The van der Waals surface area contributed by atoms with Crippen LogP contribution >= 0.6 is 11.6 Å². The van der Waals surface area contributed by atoms with Gasteiger partial charge in [-0.2, -0.15) is 0 Å². The number of carbonyl (C=O) groups excluding carboxylic acids is 1. The van der Waals surface area contributed by atoms with E-state index in [1.807, 2.05) is 0 Å². The fourth-order valence-electron chi connectivity index (χ4n) is 2.21. The number of benzene rings is 1. The molecule has 1 aromatic carbocycles. The summed E-state index contributed by atoms with van der Waals surface area (Å²) < 4.78 is 0. The van der Waals surface area contributed by atoms with Gasteiger partial charge in [-0.3, -0.25) is 14.9 Å². The lowest BCUT2D eigenvalue weighted by atomic mass is 10.1. The van der Waals surface area contributed by atoms with Crippen LogP contribution in [0, 0.1) is 10.1 Å². The van der Waals surface area contributed by atoms with Crippen LogP contribution in [0.5, 0.6) is 0 Å². The Bertz CT molecular complexity index is 589. The first-order chi connectivity index (χ1) is 9.40. The van der Waals surface area contributed by atoms with Crippen molar-refractivity contribution in [3.05, 3.63) is 38.9 Å². The second-order valence-electron chi connectivity index (χ2n) is 4.44. The Kier molecular flexibility index (Phi) is 3.89. The van der Waals surface area contributed by atoms with Gasteiger partial charge in [-0.15, -0.1) is 0 Å². The fourth-order valence-corrected chi connectivity index (χ4v) is 2.38. The summed E-state index contributed by atoms with van der Waals surface area (Å²) in [5.74, 6) is -1.42. The van der Waals surface area contributed by atoms with Crippen molar-refractivity contribution in [2.75, 3.05) is 0 Å². The summed E-state index contributed by atoms with van der Waals surface area (Å²) >= 11 is 5.71. The molecule has 1 N–H and O–H groups in total. The predicted octanol–water partition coefficient (Wildman–Crippen LogP) is 1.82. The van der Waals surface area contributed by atoms with Crippen molar-refractivity contribution in [2.24, 2.45) is 0 Å². The monoisotopic (exact) mass is 298 g/mol. The summed E-state index contributed by atoms with van der Waals surface area (Å²) in [6.07, 6.45) is 0.355. The third kappa shape index (κ3) is 2.72. The van der Waals surface area contributed by atoms with E-state index in [0.717, 1.165) is 4.90 Å². The van der Waals surface area contributed by atoms with Gasteiger partial charge in [-0.1, -0.05) is 11.6 Å². The highest BCUT2D eigenvalue weighted by Gasteiger charge is 2.36. The number of likely N-dealkylation sites (tertiary alicyclic amines) is 1. The van der Waals surface area contributed by atoms with E-state index >= 15 is 0 Å². The lowest BCUT2D eigenvalue weighted by Gasteiger charge is -2.21. The molecule has 0 aromatic heterocycles. The van der Waals surface area contributed by atoms with Gasteiger partial charge in [0.05, 0.1) is 11.5 Å². The largest absolute Gasteiger partial charge is 0.480 e. The highest BCUT2D eigenvalue weighted by atomic mass is 35.5. The minimum atomic E-state index is -1.10. The Morgan fingerprint density at radius 2 is 2.25 bits per heavy atom. The molecule has 1 atom stereocenters. The number of hydrogen-bond donors (Lipinski definition) is 1. The van der Waals surface area contributed by atoms with Crippen LogP contribution < -0.4 is 0 Å². The molecule has 1 aromatic rings. The standard InChI is InChI=1S/C12H11ClN2O5/c13-8-2-1-7(10(5-8)15(19)20)6-14-9(12(17)18)3-4-11(14)16/h1-2,5,9H,3-4,6H2,(H,17,18). The topological polar surface area (TPSA) is 101 Å². The first-order valence-electron chi connectivity index (χ1n) is 5.85. The van der Waals surface area contributed by atoms with E-state index in [1.165, 1.54) is 18.2 Å². The molecule has 0 spiro atoms. The van der Waals surface area contributed by atoms with Crippen LogP contribution in [0.1, 0.15) is 18.4 Å². The molecule has 1 aliphatic rings. The van der Waals surface area contributed by atoms with E-state index in [2.05, 4.69) is 0 Å². The van der Waals surface area contributed by atoms with Crippen LogP contribution in [0.25, 0.3) is 0 Å². The highest BCUT2D eigenvalue weighted by molar-refractivity contribution is 6.30. The number of nitro groups is 1. The van der Waals surface area contributed by atoms with Crippen molar-refractivity contribution in [3.63, 3.8) is 0 Å². The van der Waals surface area contributed by atoms with Gasteiger partial charge >= 0.3 is 5.97 Å². The molecule has 1 aliphatic heterocycles. The molecule has 0 aliphatic carbocycles. The number of carbonyl (C=O) groups is 2. The number of nitrogens with zero attached hydrogens (tertiary/aromatic N) is 2. The second kappa shape index (κ2) is 5.46. The summed E-state index contributed by atoms with van der Waals surface area (Å²) in [7, 11) is 0. The minimum Gasteiger partial charge on any atom is -0.480 e. The quantitative estimate of drug-likeness (QED) is 0.675. The Hall–Kier alpha value is -2.15. The second-order valence-corrected chi connectivity index (χ2v) is 4.88. The van der Waals surface area contributed by atoms with E-state index in [9.17, 15) is 19.7 Å². The normalized spacial score (nSPS) is 18.4. The van der Waals surface area contributed by atoms with Gasteiger partial charge in [0.1, 0.15) is 6.04 Å². The Labute approximate surface area is 118 Å². The number of carboxylic acid groups (broad SMARTS) is 1. The summed E-state index contributed by atoms with van der Waals surface area (Å²) in [6.45, 7) is -0.108. The maximum atomic E-state index is 11.7. The molecule has 7 nitrogen and oxygen atoms in total. The molecule has 0 bridgehead atoms. The van der Waals surface area contributed by atoms with Gasteiger partial charge in [-0.05, 0) is 18.6 Å². The first kappa shape index (κ1) is 14.3. The predicted molar refractivity (Wildman–Crippen MR) is 69.3 cm³/mol. The zero-order valence-corrected chi connectivity index (χ0v) is 11.0. The molecular formula is C12H11ClN2O5. The number of rotatable bonds is 4. The van der Waals surface area contributed by atoms with Gasteiger partial charge in [-0.25, -0.2) is 4.79 Å². The smallest absolute Gasteiger partial charge is 0.326 e. The van der Waals surface area contributed by atoms with Gasteiger partial charge < -0.3 is 10.0 Å². The molecule has 0 saturated carbocycles. The number of nitro benzene ring substituents is 1. The Morgan fingerprint density at radius 1 is 1.55 bits per heavy atom. The average Bonchev–Trinajstić information content (AvgIpc) is 2.73. The molecule has 20 heavy (non-hydrogen) atoms. The zero-order chi connectivity index (χ0) is 14.9. The fraction of sp³-hybridized carbons (Fsp3) is 0.333. The molecule has 106 valence electrons. The third-order valence-corrected chi connectivity index (χ3v) is 3.43. The van der Waals surface area contributed by atoms with E-state index in [-0.39, 0.29) is 41.6 Å². The van der Waals surface area contributed by atoms with E-state index in [0.29, 0.717) is 0 Å². The molecule has 1 unspecified atom stereocenters. The molecule has 8 heteroatoms. The number of aliphatic carboxylic acids is 1. The summed E-state index contributed by atoms with van der Waals surface area (Å²) in [4.78, 5) is 34.3. The molecule has 1 heterocycles. The van der Waals surface area contributed by atoms with Crippen molar-refractivity contribution < 1.29 is 19.6 Å². The lowest BCUT2D eigenvalue weighted by Crippen LogP contribution is -2.38. The summed E-state index contributed by atoms with van der Waals surface area (Å²) in [5, 5.41) is 20.2. The average molecular weight is 299 g/mol. The Morgan fingerprint density at radius 3 is 2.85 bits per heavy atom. The van der Waals surface area contributed by atoms with Crippen molar-refractivity contribution >= 4 is 29.2 Å². The SMILES string of the molecule is O=C(O)C1CCC(=O)N1Cc1ccc(Cl)cc1[N+](=O)[O-]. The maximum Gasteiger partial charge on any atom is 0.326 e. The molecule has 1 fully saturated rings. The van der Waals surface area contributed by atoms with Crippen LogP contribution in [0.3, 0.4) is 0 Å². The first-order valence-corrected chi connectivity index (χ1v) is 6.23.